The van der Waals surface area contributed by atoms with Crippen molar-refractivity contribution in [2.24, 2.45) is 0 Å². The van der Waals surface area contributed by atoms with Gasteiger partial charge in [0.2, 0.25) is 5.91 Å². The molecule has 0 spiro atoms. The molecule has 1 unspecified atom stereocenters. The topological polar surface area (TPSA) is 78.4 Å². The molecule has 25 heavy (non-hydrogen) atoms. The van der Waals surface area contributed by atoms with Crippen molar-refractivity contribution in [1.82, 2.24) is 5.32 Å². The van der Waals surface area contributed by atoms with E-state index in [2.05, 4.69) is 16.7 Å². The van der Waals surface area contributed by atoms with E-state index in [1.807, 2.05) is 36.4 Å². The number of amides is 1. The normalized spacial score (nSPS) is 15.8. The van der Waals surface area contributed by atoms with Crippen LogP contribution in [0.3, 0.4) is 0 Å². The molecular formula is C20H22N2O3. The standard InChI is InChI=1S/C20H22N2O3/c23-19(12-17-9-8-16-6-1-2-7-18(16)22-17)21-13-15-5-3-4-14(10-15)11-20(24)25/h1-7,10,17,22H,8-9,11-13H2,(H,21,23)(H,24,25). The molecule has 0 aliphatic carbocycles. The summed E-state index contributed by atoms with van der Waals surface area (Å²) < 4.78 is 0. The zero-order valence-electron chi connectivity index (χ0n) is 14.0. The van der Waals surface area contributed by atoms with Crippen LogP contribution in [0.1, 0.15) is 29.5 Å². The lowest BCUT2D eigenvalue weighted by Gasteiger charge is -2.26. The van der Waals surface area contributed by atoms with Crippen LogP contribution in [0, 0.1) is 0 Å². The third kappa shape index (κ3) is 4.83. The minimum absolute atomic E-state index is 0.000480. The van der Waals surface area contributed by atoms with E-state index in [-0.39, 0.29) is 18.4 Å². The molecule has 1 atom stereocenters. The van der Waals surface area contributed by atoms with Crippen LogP contribution >= 0.6 is 0 Å². The van der Waals surface area contributed by atoms with Gasteiger partial charge in [-0.3, -0.25) is 9.59 Å². The number of rotatable bonds is 6. The average molecular weight is 338 g/mol. The Morgan fingerprint density at radius 1 is 1.12 bits per heavy atom. The van der Waals surface area contributed by atoms with Crippen molar-refractivity contribution in [2.45, 2.75) is 38.3 Å². The molecule has 1 heterocycles. The van der Waals surface area contributed by atoms with Gasteiger partial charge in [-0.2, -0.15) is 0 Å². The van der Waals surface area contributed by atoms with Crippen molar-refractivity contribution in [3.05, 3.63) is 65.2 Å². The molecule has 1 aliphatic rings. The third-order valence-corrected chi connectivity index (χ3v) is 4.41. The Morgan fingerprint density at radius 3 is 2.76 bits per heavy atom. The minimum Gasteiger partial charge on any atom is -0.481 e. The van der Waals surface area contributed by atoms with Crippen LogP contribution in [0.25, 0.3) is 0 Å². The van der Waals surface area contributed by atoms with Gasteiger partial charge in [0.1, 0.15) is 0 Å². The maximum absolute atomic E-state index is 12.2. The highest BCUT2D eigenvalue weighted by atomic mass is 16.4. The molecule has 0 radical (unpaired) electrons. The number of carboxylic acid groups (broad SMARTS) is 1. The smallest absolute Gasteiger partial charge is 0.307 e. The first-order valence-corrected chi connectivity index (χ1v) is 8.51. The summed E-state index contributed by atoms with van der Waals surface area (Å²) in [5.41, 5.74) is 4.07. The fraction of sp³-hybridized carbons (Fsp3) is 0.300. The molecule has 1 aliphatic heterocycles. The number of hydrogen-bond donors (Lipinski definition) is 3. The van der Waals surface area contributed by atoms with E-state index in [4.69, 9.17) is 5.11 Å². The number of carbonyl (C=O) groups is 2. The fourth-order valence-corrected chi connectivity index (χ4v) is 3.17. The number of para-hydroxylation sites is 1. The third-order valence-electron chi connectivity index (χ3n) is 4.41. The van der Waals surface area contributed by atoms with Gasteiger partial charge in [0.05, 0.1) is 6.42 Å². The van der Waals surface area contributed by atoms with Crippen molar-refractivity contribution in [2.75, 3.05) is 5.32 Å². The molecule has 3 rings (SSSR count). The van der Waals surface area contributed by atoms with Crippen LogP contribution in [-0.4, -0.2) is 23.0 Å². The van der Waals surface area contributed by atoms with Gasteiger partial charge in [-0.05, 0) is 35.6 Å². The van der Waals surface area contributed by atoms with Gasteiger partial charge in [-0.15, -0.1) is 0 Å². The molecule has 0 fully saturated rings. The number of carbonyl (C=O) groups excluding carboxylic acids is 1. The van der Waals surface area contributed by atoms with E-state index in [9.17, 15) is 9.59 Å². The van der Waals surface area contributed by atoms with Gasteiger partial charge >= 0.3 is 5.97 Å². The van der Waals surface area contributed by atoms with Crippen LogP contribution in [0.2, 0.25) is 0 Å². The fourth-order valence-electron chi connectivity index (χ4n) is 3.17. The van der Waals surface area contributed by atoms with Gasteiger partial charge in [-0.25, -0.2) is 0 Å². The second kappa shape index (κ2) is 7.83. The first kappa shape index (κ1) is 17.0. The van der Waals surface area contributed by atoms with Crippen molar-refractivity contribution < 1.29 is 14.7 Å². The van der Waals surface area contributed by atoms with Crippen molar-refractivity contribution in [3.8, 4) is 0 Å². The van der Waals surface area contributed by atoms with E-state index in [0.29, 0.717) is 13.0 Å². The van der Waals surface area contributed by atoms with Crippen LogP contribution < -0.4 is 10.6 Å². The number of carboxylic acids is 1. The molecule has 0 bridgehead atoms. The summed E-state index contributed by atoms with van der Waals surface area (Å²) in [6.45, 7) is 0.412. The Labute approximate surface area is 147 Å². The lowest BCUT2D eigenvalue weighted by Crippen LogP contribution is -2.33. The number of fused-ring (bicyclic) bond motifs is 1. The molecule has 1 amide bonds. The second-order valence-electron chi connectivity index (χ2n) is 6.41. The molecule has 130 valence electrons. The largest absolute Gasteiger partial charge is 0.481 e. The Morgan fingerprint density at radius 2 is 1.92 bits per heavy atom. The number of aryl methyl sites for hydroxylation is 1. The second-order valence-corrected chi connectivity index (χ2v) is 6.41. The summed E-state index contributed by atoms with van der Waals surface area (Å²) in [4.78, 5) is 23.0. The average Bonchev–Trinajstić information content (AvgIpc) is 2.60. The molecule has 5 heteroatoms. The molecule has 3 N–H and O–H groups in total. The monoisotopic (exact) mass is 338 g/mol. The van der Waals surface area contributed by atoms with Crippen molar-refractivity contribution in [1.29, 1.82) is 0 Å². The molecule has 5 nitrogen and oxygen atoms in total. The summed E-state index contributed by atoms with van der Waals surface area (Å²) in [7, 11) is 0. The summed E-state index contributed by atoms with van der Waals surface area (Å²) in [5.74, 6) is -0.856. The summed E-state index contributed by atoms with van der Waals surface area (Å²) in [5, 5.41) is 15.2. The number of aliphatic carboxylic acids is 1. The Kier molecular flexibility index (Phi) is 5.33. The van der Waals surface area contributed by atoms with Gasteiger partial charge < -0.3 is 15.7 Å². The summed E-state index contributed by atoms with van der Waals surface area (Å²) in [6, 6.07) is 15.7. The zero-order chi connectivity index (χ0) is 17.6. The molecule has 2 aromatic rings. The van der Waals surface area contributed by atoms with E-state index in [1.165, 1.54) is 5.56 Å². The summed E-state index contributed by atoms with van der Waals surface area (Å²) in [6.07, 6.45) is 2.35. The SMILES string of the molecule is O=C(O)Cc1cccc(CNC(=O)CC2CCc3ccccc3N2)c1. The molecule has 0 saturated carbocycles. The quantitative estimate of drug-likeness (QED) is 0.757. The minimum atomic E-state index is -0.857. The van der Waals surface area contributed by atoms with Gasteiger partial charge in [0.15, 0.2) is 0 Å². The van der Waals surface area contributed by atoms with Crippen LogP contribution in [-0.2, 0) is 29.0 Å². The van der Waals surface area contributed by atoms with Crippen LogP contribution in [0.15, 0.2) is 48.5 Å². The summed E-state index contributed by atoms with van der Waals surface area (Å²) >= 11 is 0. The highest BCUT2D eigenvalue weighted by molar-refractivity contribution is 5.77. The first-order valence-electron chi connectivity index (χ1n) is 8.51. The van der Waals surface area contributed by atoms with Gasteiger partial charge in [0.25, 0.3) is 0 Å². The maximum Gasteiger partial charge on any atom is 0.307 e. The molecule has 0 saturated heterocycles. The number of nitrogens with one attached hydrogen (secondary N) is 2. The van der Waals surface area contributed by atoms with E-state index in [1.54, 1.807) is 6.07 Å². The lowest BCUT2D eigenvalue weighted by atomic mass is 9.96. The lowest BCUT2D eigenvalue weighted by molar-refractivity contribution is -0.136. The first-order chi connectivity index (χ1) is 12.1. The molecule has 0 aromatic heterocycles. The zero-order valence-corrected chi connectivity index (χ0v) is 14.0. The molecule has 2 aromatic carbocycles. The number of benzene rings is 2. The van der Waals surface area contributed by atoms with Gasteiger partial charge in [-0.1, -0.05) is 42.5 Å². The van der Waals surface area contributed by atoms with Crippen LogP contribution in [0.5, 0.6) is 0 Å². The van der Waals surface area contributed by atoms with Crippen molar-refractivity contribution >= 4 is 17.6 Å². The van der Waals surface area contributed by atoms with E-state index < -0.39 is 5.97 Å². The maximum atomic E-state index is 12.2. The van der Waals surface area contributed by atoms with E-state index >= 15 is 0 Å². The Bertz CT molecular complexity index is 773. The number of anilines is 1. The van der Waals surface area contributed by atoms with Crippen LogP contribution in [0.4, 0.5) is 5.69 Å². The highest BCUT2D eigenvalue weighted by Crippen LogP contribution is 2.25. The predicted octanol–water partition coefficient (Wildman–Crippen LogP) is 2.75. The van der Waals surface area contributed by atoms with Crippen molar-refractivity contribution in [3.63, 3.8) is 0 Å². The predicted molar refractivity (Wildman–Crippen MR) is 96.4 cm³/mol. The van der Waals surface area contributed by atoms with Gasteiger partial charge in [0, 0.05) is 24.7 Å². The number of hydrogen-bond acceptors (Lipinski definition) is 3. The Balaban J connectivity index is 1.50. The Hall–Kier alpha value is -2.82. The molecular weight excluding hydrogens is 316 g/mol. The van der Waals surface area contributed by atoms with E-state index in [0.717, 1.165) is 29.7 Å². The highest BCUT2D eigenvalue weighted by Gasteiger charge is 2.19.